The first kappa shape index (κ1) is 33.5. The molecule has 0 aliphatic carbocycles. The number of anilines is 6. The van der Waals surface area contributed by atoms with Crippen LogP contribution in [0.3, 0.4) is 0 Å². The number of benzene rings is 9. The van der Waals surface area contributed by atoms with E-state index in [1.54, 1.807) is 0 Å². The van der Waals surface area contributed by atoms with E-state index in [1.807, 2.05) is 0 Å². The molecule has 2 aliphatic heterocycles. The van der Waals surface area contributed by atoms with E-state index in [9.17, 15) is 0 Å². The molecule has 2 aliphatic rings. The van der Waals surface area contributed by atoms with Gasteiger partial charge in [-0.25, -0.2) is 0 Å². The summed E-state index contributed by atoms with van der Waals surface area (Å²) in [6, 6.07) is 82.7. The first-order valence-electron chi connectivity index (χ1n) is 19.8. The molecule has 58 heavy (non-hydrogen) atoms. The van der Waals surface area contributed by atoms with Crippen molar-refractivity contribution in [2.45, 2.75) is 0 Å². The number of nitrogens with zero attached hydrogens (tertiary/aromatic N) is 4. The number of fused-ring (bicyclic) bond motifs is 6. The molecule has 4 nitrogen and oxygen atoms in total. The minimum Gasteiger partial charge on any atom is -0.310 e. The highest BCUT2D eigenvalue weighted by molar-refractivity contribution is 5.85. The largest absolute Gasteiger partial charge is 0.310 e. The summed E-state index contributed by atoms with van der Waals surface area (Å²) >= 11 is 0. The Hall–Kier alpha value is -7.82. The molecule has 4 heteroatoms. The Bertz CT molecular complexity index is 3140. The molecule has 0 N–H and O–H groups in total. The monoisotopic (exact) mass is 742 g/mol. The molecule has 2 heterocycles. The lowest BCUT2D eigenvalue weighted by molar-refractivity contribution is 0.974. The Morgan fingerprint density at radius 3 is 1.29 bits per heavy atom. The third-order valence-electron chi connectivity index (χ3n) is 11.2. The zero-order chi connectivity index (χ0) is 38.4. The molecular weight excluding hydrogens is 705 g/mol. The van der Waals surface area contributed by atoms with Gasteiger partial charge in [-0.05, 0) is 78.9 Å². The molecule has 0 saturated carbocycles. The van der Waals surface area contributed by atoms with E-state index < -0.39 is 0 Å². The molecule has 0 unspecified atom stereocenters. The summed E-state index contributed by atoms with van der Waals surface area (Å²) in [5, 5.41) is 4.80. The Labute approximate surface area is 337 Å². The maximum Gasteiger partial charge on any atom is 0.234 e. The third-order valence-corrected chi connectivity index (χ3v) is 11.2. The van der Waals surface area contributed by atoms with Crippen molar-refractivity contribution in [1.29, 1.82) is 0 Å². The van der Waals surface area contributed by atoms with Crippen molar-refractivity contribution in [3.8, 4) is 11.1 Å². The summed E-state index contributed by atoms with van der Waals surface area (Å²) in [5.41, 5.74) is 13.6. The fourth-order valence-electron chi connectivity index (χ4n) is 8.80. The molecule has 9 aromatic rings. The molecule has 9 aromatic carbocycles. The van der Waals surface area contributed by atoms with E-state index >= 15 is 0 Å². The quantitative estimate of drug-likeness (QED) is 0.144. The average Bonchev–Trinajstić information content (AvgIpc) is 3.81. The second-order valence-electron chi connectivity index (χ2n) is 14.6. The zero-order valence-electron chi connectivity index (χ0n) is 31.7. The van der Waals surface area contributed by atoms with Gasteiger partial charge in [-0.3, -0.25) is 0 Å². The van der Waals surface area contributed by atoms with Gasteiger partial charge in [0.25, 0.3) is 0 Å². The SMILES string of the molecule is c1ccc(N(c2ccccc2)c2cccc([N+]3=c4ccccc4=c4c3ccc3c4=[N+](c4cccc(N(c5ccccc5)c5ccccc5)c4)c4ccccc4-3)c2)cc1. The predicted octanol–water partition coefficient (Wildman–Crippen LogP) is 12.5. The standard InChI is InChI=1S/C54H38N4/c1-5-19-39(20-6-1)55(40-21-7-2-8-22-40)43-27-17-29-45(37-43)57-51-34-16-14-32-49(51)53-52(57)36-35-48-47-31-13-15-33-50(47)58(54(48)53)46-30-18-28-44(38-46)56(41-23-9-3-10-24-41)42-25-11-4-12-26-42/h1-38H/q+2. The summed E-state index contributed by atoms with van der Waals surface area (Å²) < 4.78 is 4.91. The highest BCUT2D eigenvalue weighted by atomic mass is 15.2. The Morgan fingerprint density at radius 2 is 0.741 bits per heavy atom. The summed E-state index contributed by atoms with van der Waals surface area (Å²) in [6.45, 7) is 0. The van der Waals surface area contributed by atoms with Crippen LogP contribution in [0.1, 0.15) is 0 Å². The van der Waals surface area contributed by atoms with Gasteiger partial charge in [0, 0.05) is 65.2 Å². The van der Waals surface area contributed by atoms with Gasteiger partial charge in [-0.1, -0.05) is 109 Å². The van der Waals surface area contributed by atoms with Crippen LogP contribution in [-0.4, -0.2) is 0 Å². The topological polar surface area (TPSA) is 12.5 Å². The van der Waals surface area contributed by atoms with Gasteiger partial charge in [0.05, 0.1) is 27.7 Å². The summed E-state index contributed by atoms with van der Waals surface area (Å²) in [7, 11) is 0. The van der Waals surface area contributed by atoms with Crippen molar-refractivity contribution in [3.05, 3.63) is 252 Å². The van der Waals surface area contributed by atoms with Crippen LogP contribution in [0.25, 0.3) is 11.1 Å². The number of hydrogen-bond acceptors (Lipinski definition) is 2. The first-order chi connectivity index (χ1) is 28.8. The maximum atomic E-state index is 2.48. The van der Waals surface area contributed by atoms with E-state index in [-0.39, 0.29) is 0 Å². The van der Waals surface area contributed by atoms with Crippen LogP contribution in [0.4, 0.5) is 56.9 Å². The van der Waals surface area contributed by atoms with Gasteiger partial charge in [-0.2, -0.15) is 9.15 Å². The molecule has 0 aromatic heterocycles. The normalized spacial score (nSPS) is 12.1. The molecule has 0 spiro atoms. The van der Waals surface area contributed by atoms with Crippen molar-refractivity contribution >= 4 is 56.9 Å². The van der Waals surface area contributed by atoms with Gasteiger partial charge in [-0.15, -0.1) is 0 Å². The molecule has 0 amide bonds. The van der Waals surface area contributed by atoms with Crippen molar-refractivity contribution in [1.82, 2.24) is 9.15 Å². The first-order valence-corrected chi connectivity index (χ1v) is 19.8. The lowest BCUT2D eigenvalue weighted by atomic mass is 10.0. The van der Waals surface area contributed by atoms with Gasteiger partial charge < -0.3 is 9.80 Å². The van der Waals surface area contributed by atoms with Crippen LogP contribution < -0.4 is 29.7 Å². The van der Waals surface area contributed by atoms with Gasteiger partial charge in [0.1, 0.15) is 5.22 Å². The lowest BCUT2D eigenvalue weighted by Gasteiger charge is -2.25. The van der Waals surface area contributed by atoms with E-state index in [1.165, 1.54) is 32.6 Å². The molecule has 0 atom stereocenters. The Kier molecular flexibility index (Phi) is 8.11. The second kappa shape index (κ2) is 14.0. The van der Waals surface area contributed by atoms with E-state index in [0.717, 1.165) is 56.5 Å². The van der Waals surface area contributed by atoms with E-state index in [2.05, 4.69) is 249 Å². The minimum absolute atomic E-state index is 1.09. The van der Waals surface area contributed by atoms with Gasteiger partial charge in [0.15, 0.2) is 0 Å². The molecule has 272 valence electrons. The van der Waals surface area contributed by atoms with Gasteiger partial charge >= 0.3 is 0 Å². The van der Waals surface area contributed by atoms with Crippen LogP contribution in [-0.2, 0) is 0 Å². The molecule has 11 rings (SSSR count). The molecule has 0 saturated heterocycles. The fourth-order valence-corrected chi connectivity index (χ4v) is 8.80. The van der Waals surface area contributed by atoms with Crippen LogP contribution in [0.5, 0.6) is 0 Å². The summed E-state index contributed by atoms with van der Waals surface area (Å²) in [5.74, 6) is 0. The molecule has 0 radical (unpaired) electrons. The highest BCUT2D eigenvalue weighted by Crippen LogP contribution is 2.41. The maximum absolute atomic E-state index is 2.48. The molecule has 0 bridgehead atoms. The minimum atomic E-state index is 1.09. The Balaban J connectivity index is 1.14. The number of hydrogen-bond donors (Lipinski definition) is 0. The highest BCUT2D eigenvalue weighted by Gasteiger charge is 2.36. The predicted molar refractivity (Wildman–Crippen MR) is 239 cm³/mol. The summed E-state index contributed by atoms with van der Waals surface area (Å²) in [6.07, 6.45) is 0. The van der Waals surface area contributed by atoms with Gasteiger partial charge in [0.2, 0.25) is 33.5 Å². The second-order valence-corrected chi connectivity index (χ2v) is 14.6. The lowest BCUT2D eigenvalue weighted by Crippen LogP contribution is -2.21. The van der Waals surface area contributed by atoms with E-state index in [4.69, 9.17) is 0 Å². The fraction of sp³-hybridized carbons (Fsp3) is 0. The molecule has 0 fully saturated rings. The van der Waals surface area contributed by atoms with Crippen molar-refractivity contribution in [3.63, 3.8) is 0 Å². The van der Waals surface area contributed by atoms with Crippen molar-refractivity contribution < 1.29 is 0 Å². The zero-order valence-corrected chi connectivity index (χ0v) is 31.7. The smallest absolute Gasteiger partial charge is 0.234 e. The third kappa shape index (κ3) is 5.54. The average molecular weight is 743 g/mol. The van der Waals surface area contributed by atoms with Crippen LogP contribution in [0.2, 0.25) is 0 Å². The van der Waals surface area contributed by atoms with E-state index in [0.29, 0.717) is 0 Å². The Morgan fingerprint density at radius 1 is 0.293 bits per heavy atom. The van der Waals surface area contributed by atoms with Crippen molar-refractivity contribution in [2.75, 3.05) is 9.80 Å². The number of rotatable bonds is 8. The van der Waals surface area contributed by atoms with Crippen molar-refractivity contribution in [2.24, 2.45) is 0 Å². The number of para-hydroxylation sites is 6. The van der Waals surface area contributed by atoms with Crippen LogP contribution in [0.15, 0.2) is 231 Å². The summed E-state index contributed by atoms with van der Waals surface area (Å²) in [4.78, 5) is 4.66. The van der Waals surface area contributed by atoms with Crippen LogP contribution >= 0.6 is 0 Å². The molecular formula is C54H38N4+2. The van der Waals surface area contributed by atoms with Crippen LogP contribution in [0, 0.1) is 10.4 Å².